The molecule has 1 aliphatic rings. The Hall–Kier alpha value is -1.65. The van der Waals surface area contributed by atoms with Gasteiger partial charge in [0.2, 0.25) is 0 Å². The Balaban J connectivity index is 1.41. The average molecular weight is 358 g/mol. The molecule has 0 fully saturated rings. The second-order valence-electron chi connectivity index (χ2n) is 6.37. The summed E-state index contributed by atoms with van der Waals surface area (Å²) < 4.78 is 5.62. The van der Waals surface area contributed by atoms with Gasteiger partial charge >= 0.3 is 0 Å². The predicted molar refractivity (Wildman–Crippen MR) is 103 cm³/mol. The maximum atomic E-state index is 10.2. The molecule has 25 heavy (non-hydrogen) atoms. The van der Waals surface area contributed by atoms with Crippen molar-refractivity contribution in [3.05, 3.63) is 76.8 Å². The second-order valence-corrected chi connectivity index (χ2v) is 6.77. The zero-order valence-corrected chi connectivity index (χ0v) is 15.0. The number of hydrogen-bond donors (Lipinski definition) is 1. The number of nitrogens with zero attached hydrogens (tertiary/aromatic N) is 1. The molecule has 4 heteroatoms. The molecule has 1 N–H and O–H groups in total. The van der Waals surface area contributed by atoms with Crippen molar-refractivity contribution in [3.63, 3.8) is 0 Å². The number of halogens is 1. The van der Waals surface area contributed by atoms with Crippen LogP contribution in [0.2, 0.25) is 5.02 Å². The first-order valence-electron chi connectivity index (χ1n) is 8.68. The van der Waals surface area contributed by atoms with E-state index in [2.05, 4.69) is 35.2 Å². The van der Waals surface area contributed by atoms with E-state index in [4.69, 9.17) is 16.3 Å². The van der Waals surface area contributed by atoms with Gasteiger partial charge in [0, 0.05) is 24.7 Å². The van der Waals surface area contributed by atoms with Crippen LogP contribution in [0.1, 0.15) is 17.5 Å². The summed E-state index contributed by atoms with van der Waals surface area (Å²) in [5.41, 5.74) is 3.64. The van der Waals surface area contributed by atoms with Crippen LogP contribution in [0.15, 0.2) is 60.7 Å². The van der Waals surface area contributed by atoms with E-state index in [-0.39, 0.29) is 0 Å². The van der Waals surface area contributed by atoms with Gasteiger partial charge in [-0.25, -0.2) is 0 Å². The number of aliphatic hydroxyl groups is 1. The molecular formula is C21H24ClNO2. The van der Waals surface area contributed by atoms with Crippen LogP contribution in [0.4, 0.5) is 0 Å². The van der Waals surface area contributed by atoms with E-state index in [0.29, 0.717) is 24.8 Å². The van der Waals surface area contributed by atoms with E-state index in [1.54, 1.807) is 0 Å². The van der Waals surface area contributed by atoms with Gasteiger partial charge in [-0.15, -0.1) is 0 Å². The lowest BCUT2D eigenvalue weighted by atomic mass is 9.99. The number of aliphatic hydroxyl groups excluding tert-OH is 1. The molecule has 0 spiro atoms. The standard InChI is InChI=1S/C21H24ClNO2/c22-21-9-5-4-8-19(21)15-25-16-20(24)14-23-12-10-18(11-13-23)17-6-2-1-3-7-17/h1-10,20,24H,11-16H2. The highest BCUT2D eigenvalue weighted by atomic mass is 35.5. The fourth-order valence-electron chi connectivity index (χ4n) is 3.06. The lowest BCUT2D eigenvalue weighted by molar-refractivity contribution is 0.0115. The maximum Gasteiger partial charge on any atom is 0.0900 e. The molecule has 132 valence electrons. The Labute approximate surface area is 154 Å². The average Bonchev–Trinajstić information content (AvgIpc) is 2.65. The first-order chi connectivity index (χ1) is 12.2. The van der Waals surface area contributed by atoms with Crippen molar-refractivity contribution in [1.29, 1.82) is 0 Å². The van der Waals surface area contributed by atoms with Crippen LogP contribution in [0, 0.1) is 0 Å². The second kappa shape index (κ2) is 9.16. The summed E-state index contributed by atoms with van der Waals surface area (Å²) in [6.45, 7) is 3.20. The lowest BCUT2D eigenvalue weighted by Gasteiger charge is -2.28. The monoisotopic (exact) mass is 357 g/mol. The minimum absolute atomic E-state index is 0.316. The van der Waals surface area contributed by atoms with Crippen LogP contribution in [-0.4, -0.2) is 42.4 Å². The molecule has 3 nitrogen and oxygen atoms in total. The van der Waals surface area contributed by atoms with Crippen LogP contribution in [0.5, 0.6) is 0 Å². The normalized spacial score (nSPS) is 16.5. The van der Waals surface area contributed by atoms with Crippen molar-refractivity contribution in [2.75, 3.05) is 26.2 Å². The number of rotatable bonds is 7. The highest BCUT2D eigenvalue weighted by Crippen LogP contribution is 2.22. The summed E-state index contributed by atoms with van der Waals surface area (Å²) in [7, 11) is 0. The van der Waals surface area contributed by atoms with Crippen molar-refractivity contribution in [2.24, 2.45) is 0 Å². The number of hydrogen-bond acceptors (Lipinski definition) is 3. The van der Waals surface area contributed by atoms with Gasteiger partial charge in [0.25, 0.3) is 0 Å². The Kier molecular flexibility index (Phi) is 6.65. The molecule has 1 unspecified atom stereocenters. The maximum absolute atomic E-state index is 10.2. The smallest absolute Gasteiger partial charge is 0.0900 e. The Morgan fingerprint density at radius 3 is 2.56 bits per heavy atom. The van der Waals surface area contributed by atoms with Crippen LogP contribution in [0.25, 0.3) is 5.57 Å². The minimum Gasteiger partial charge on any atom is -0.389 e. The first-order valence-corrected chi connectivity index (χ1v) is 9.06. The molecule has 2 aromatic carbocycles. The van der Waals surface area contributed by atoms with E-state index < -0.39 is 6.10 Å². The largest absolute Gasteiger partial charge is 0.389 e. The van der Waals surface area contributed by atoms with Crippen molar-refractivity contribution in [3.8, 4) is 0 Å². The Morgan fingerprint density at radius 1 is 1.08 bits per heavy atom. The van der Waals surface area contributed by atoms with E-state index in [1.165, 1.54) is 11.1 Å². The summed E-state index contributed by atoms with van der Waals surface area (Å²) in [6, 6.07) is 18.1. The van der Waals surface area contributed by atoms with Gasteiger partial charge in [0.1, 0.15) is 0 Å². The molecule has 0 radical (unpaired) electrons. The number of ether oxygens (including phenoxy) is 1. The third-order valence-electron chi connectivity index (χ3n) is 4.43. The summed E-state index contributed by atoms with van der Waals surface area (Å²) >= 11 is 6.10. The summed E-state index contributed by atoms with van der Waals surface area (Å²) in [4.78, 5) is 2.26. The zero-order chi connectivity index (χ0) is 17.5. The molecule has 0 bridgehead atoms. The summed E-state index contributed by atoms with van der Waals surface area (Å²) in [5, 5.41) is 10.9. The van der Waals surface area contributed by atoms with Crippen LogP contribution in [0.3, 0.4) is 0 Å². The van der Waals surface area contributed by atoms with Gasteiger partial charge in [0.05, 0.1) is 19.3 Å². The third-order valence-corrected chi connectivity index (χ3v) is 4.80. The van der Waals surface area contributed by atoms with Gasteiger partial charge in [-0.05, 0) is 29.2 Å². The van der Waals surface area contributed by atoms with Gasteiger partial charge < -0.3 is 9.84 Å². The molecular weight excluding hydrogens is 334 g/mol. The quantitative estimate of drug-likeness (QED) is 0.812. The molecule has 1 aliphatic heterocycles. The molecule has 0 amide bonds. The van der Waals surface area contributed by atoms with Gasteiger partial charge in [-0.3, -0.25) is 4.90 Å². The Morgan fingerprint density at radius 2 is 1.84 bits per heavy atom. The molecule has 0 saturated heterocycles. The highest BCUT2D eigenvalue weighted by molar-refractivity contribution is 6.31. The molecule has 2 aromatic rings. The first kappa shape index (κ1) is 18.2. The minimum atomic E-state index is -0.492. The van der Waals surface area contributed by atoms with Gasteiger partial charge in [-0.2, -0.15) is 0 Å². The molecule has 0 aromatic heterocycles. The van der Waals surface area contributed by atoms with E-state index >= 15 is 0 Å². The van der Waals surface area contributed by atoms with Crippen molar-refractivity contribution < 1.29 is 9.84 Å². The van der Waals surface area contributed by atoms with E-state index in [1.807, 2.05) is 30.3 Å². The molecule has 0 aliphatic carbocycles. The van der Waals surface area contributed by atoms with Crippen LogP contribution in [-0.2, 0) is 11.3 Å². The van der Waals surface area contributed by atoms with Crippen molar-refractivity contribution in [2.45, 2.75) is 19.1 Å². The SMILES string of the molecule is OC(COCc1ccccc1Cl)CN1CC=C(c2ccccc2)CC1. The van der Waals surface area contributed by atoms with E-state index in [0.717, 1.165) is 25.1 Å². The molecule has 0 saturated carbocycles. The fourth-order valence-corrected chi connectivity index (χ4v) is 3.25. The number of β-amino-alcohol motifs (C(OH)–C–C–N with tert-alkyl or cyclic N) is 1. The fraction of sp³-hybridized carbons (Fsp3) is 0.333. The summed E-state index contributed by atoms with van der Waals surface area (Å²) in [6.07, 6.45) is 2.78. The van der Waals surface area contributed by atoms with Crippen LogP contribution >= 0.6 is 11.6 Å². The summed E-state index contributed by atoms with van der Waals surface area (Å²) in [5.74, 6) is 0. The lowest BCUT2D eigenvalue weighted by Crippen LogP contribution is -2.37. The van der Waals surface area contributed by atoms with Crippen LogP contribution < -0.4 is 0 Å². The zero-order valence-electron chi connectivity index (χ0n) is 14.3. The molecule has 1 heterocycles. The highest BCUT2D eigenvalue weighted by Gasteiger charge is 2.16. The van der Waals surface area contributed by atoms with E-state index in [9.17, 15) is 5.11 Å². The van der Waals surface area contributed by atoms with Crippen molar-refractivity contribution in [1.82, 2.24) is 4.90 Å². The molecule has 3 rings (SSSR count). The third kappa shape index (κ3) is 5.41. The van der Waals surface area contributed by atoms with Crippen molar-refractivity contribution >= 4 is 17.2 Å². The topological polar surface area (TPSA) is 32.7 Å². The molecule has 1 atom stereocenters. The van der Waals surface area contributed by atoms with Gasteiger partial charge in [-0.1, -0.05) is 66.2 Å². The number of benzene rings is 2. The predicted octanol–water partition coefficient (Wildman–Crippen LogP) is 4.01. The van der Waals surface area contributed by atoms with Gasteiger partial charge in [0.15, 0.2) is 0 Å². The Bertz CT molecular complexity index is 702.